The molecule has 1 aliphatic heterocycles. The van der Waals surface area contributed by atoms with Crippen molar-refractivity contribution >= 4 is 28.3 Å². The number of carbonyl (C=O) groups is 2. The molecule has 0 atom stereocenters. The number of nitrogens with two attached hydrogens (primary N) is 1. The van der Waals surface area contributed by atoms with Gasteiger partial charge >= 0.3 is 5.97 Å². The number of rotatable bonds is 7. The number of hydrogen-bond donors (Lipinski definition) is 3. The second-order valence-corrected chi connectivity index (χ2v) is 7.56. The van der Waals surface area contributed by atoms with E-state index in [0.717, 1.165) is 35.9 Å². The number of hydroxylamine groups is 2. The number of fused-ring (bicyclic) bond motifs is 1. The van der Waals surface area contributed by atoms with Crippen molar-refractivity contribution in [2.24, 2.45) is 5.73 Å². The number of para-hydroxylation sites is 1. The fourth-order valence-electron chi connectivity index (χ4n) is 3.73. The molecule has 0 amide bonds. The Morgan fingerprint density at radius 3 is 2.53 bits per heavy atom. The molecule has 4 N–H and O–H groups in total. The Balaban J connectivity index is 1.26. The highest BCUT2D eigenvalue weighted by Crippen LogP contribution is 2.19. The Kier molecular flexibility index (Phi) is 6.11. The number of ketones is 1. The van der Waals surface area contributed by atoms with Crippen molar-refractivity contribution in [3.8, 4) is 0 Å². The molecule has 30 heavy (non-hydrogen) atoms. The van der Waals surface area contributed by atoms with Crippen LogP contribution in [0.1, 0.15) is 28.9 Å². The van der Waals surface area contributed by atoms with Crippen molar-refractivity contribution in [2.45, 2.75) is 25.3 Å². The average molecular weight is 406 g/mol. The largest absolute Gasteiger partial charge is 0.400 e. The van der Waals surface area contributed by atoms with Gasteiger partial charge in [-0.25, -0.2) is 4.79 Å². The molecular formula is C23H26N4O3. The SMILES string of the molecule is NCCc1ccc(NC2CCN(OC(=O)C(=O)c3cc4ccccc4[nH]3)CC2)cc1. The topological polar surface area (TPSA) is 100 Å². The fourth-order valence-corrected chi connectivity index (χ4v) is 3.73. The fraction of sp³-hybridized carbons (Fsp3) is 0.304. The first-order chi connectivity index (χ1) is 14.6. The van der Waals surface area contributed by atoms with Crippen LogP contribution in [0.5, 0.6) is 0 Å². The third-order valence-corrected chi connectivity index (χ3v) is 5.38. The molecule has 2 aromatic carbocycles. The summed E-state index contributed by atoms with van der Waals surface area (Å²) in [5, 5.41) is 5.98. The highest BCUT2D eigenvalue weighted by molar-refractivity contribution is 6.40. The number of benzene rings is 2. The normalized spacial score (nSPS) is 15.2. The van der Waals surface area contributed by atoms with Crippen LogP contribution in [0.3, 0.4) is 0 Å². The third-order valence-electron chi connectivity index (χ3n) is 5.38. The van der Waals surface area contributed by atoms with E-state index < -0.39 is 11.8 Å². The summed E-state index contributed by atoms with van der Waals surface area (Å²) >= 11 is 0. The van der Waals surface area contributed by atoms with E-state index in [1.807, 2.05) is 24.3 Å². The van der Waals surface area contributed by atoms with Crippen molar-refractivity contribution in [1.82, 2.24) is 10.0 Å². The van der Waals surface area contributed by atoms with Crippen LogP contribution in [-0.2, 0) is 16.1 Å². The smallest absolute Gasteiger partial charge is 0.382 e. The number of hydrogen-bond acceptors (Lipinski definition) is 6. The zero-order valence-corrected chi connectivity index (χ0v) is 16.8. The molecule has 3 aromatic rings. The molecule has 156 valence electrons. The van der Waals surface area contributed by atoms with E-state index in [4.69, 9.17) is 10.6 Å². The lowest BCUT2D eigenvalue weighted by Crippen LogP contribution is -2.41. The van der Waals surface area contributed by atoms with Crippen LogP contribution in [0.15, 0.2) is 54.6 Å². The van der Waals surface area contributed by atoms with Gasteiger partial charge in [0.25, 0.3) is 5.78 Å². The summed E-state index contributed by atoms with van der Waals surface area (Å²) in [6, 6.07) is 17.8. The van der Waals surface area contributed by atoms with Crippen LogP contribution in [0, 0.1) is 0 Å². The Labute approximate surface area is 175 Å². The van der Waals surface area contributed by atoms with Crippen molar-refractivity contribution in [3.63, 3.8) is 0 Å². The van der Waals surface area contributed by atoms with Crippen LogP contribution < -0.4 is 11.1 Å². The maximum Gasteiger partial charge on any atom is 0.400 e. The summed E-state index contributed by atoms with van der Waals surface area (Å²) in [5.41, 5.74) is 8.94. The van der Waals surface area contributed by atoms with E-state index in [2.05, 4.69) is 34.6 Å². The van der Waals surface area contributed by atoms with Gasteiger partial charge < -0.3 is 20.9 Å². The Bertz CT molecular complexity index is 987. The van der Waals surface area contributed by atoms with Gasteiger partial charge in [-0.05, 0) is 55.6 Å². The number of nitrogens with one attached hydrogen (secondary N) is 2. The lowest BCUT2D eigenvalue weighted by molar-refractivity contribution is -0.188. The predicted molar refractivity (Wildman–Crippen MR) is 116 cm³/mol. The zero-order chi connectivity index (χ0) is 20.9. The van der Waals surface area contributed by atoms with Crippen LogP contribution in [-0.4, -0.2) is 47.5 Å². The average Bonchev–Trinajstić information content (AvgIpc) is 3.20. The molecule has 0 saturated carbocycles. The molecular weight excluding hydrogens is 380 g/mol. The Morgan fingerprint density at radius 1 is 1.10 bits per heavy atom. The molecule has 7 nitrogen and oxygen atoms in total. The van der Waals surface area contributed by atoms with Gasteiger partial charge in [-0.2, -0.15) is 0 Å². The summed E-state index contributed by atoms with van der Waals surface area (Å²) in [5.74, 6) is -1.52. The Hall–Kier alpha value is -3.16. The molecule has 1 fully saturated rings. The molecule has 0 unspecified atom stereocenters. The van der Waals surface area contributed by atoms with E-state index in [0.29, 0.717) is 25.7 Å². The van der Waals surface area contributed by atoms with E-state index in [1.165, 1.54) is 5.56 Å². The monoisotopic (exact) mass is 406 g/mol. The summed E-state index contributed by atoms with van der Waals surface area (Å²) in [6.07, 6.45) is 2.51. The number of carbonyl (C=O) groups excluding carboxylic acids is 2. The van der Waals surface area contributed by atoms with Gasteiger partial charge in [0.15, 0.2) is 0 Å². The van der Waals surface area contributed by atoms with Gasteiger partial charge in [-0.1, -0.05) is 30.3 Å². The maximum atomic E-state index is 12.4. The van der Waals surface area contributed by atoms with Crippen molar-refractivity contribution < 1.29 is 14.4 Å². The molecule has 1 aromatic heterocycles. The number of anilines is 1. The summed E-state index contributed by atoms with van der Waals surface area (Å²) in [6.45, 7) is 1.80. The summed E-state index contributed by atoms with van der Waals surface area (Å²) in [7, 11) is 0. The Morgan fingerprint density at radius 2 is 1.83 bits per heavy atom. The van der Waals surface area contributed by atoms with Gasteiger partial charge in [-0.3, -0.25) is 4.79 Å². The second-order valence-electron chi connectivity index (χ2n) is 7.56. The predicted octanol–water partition coefficient (Wildman–Crippen LogP) is 2.89. The molecule has 0 spiro atoms. The molecule has 0 radical (unpaired) electrons. The highest BCUT2D eigenvalue weighted by Gasteiger charge is 2.26. The highest BCUT2D eigenvalue weighted by atomic mass is 16.7. The maximum absolute atomic E-state index is 12.4. The van der Waals surface area contributed by atoms with Crippen LogP contribution >= 0.6 is 0 Å². The number of aromatic nitrogens is 1. The van der Waals surface area contributed by atoms with Gasteiger partial charge in [0.1, 0.15) is 0 Å². The first-order valence-electron chi connectivity index (χ1n) is 10.3. The number of nitrogens with zero attached hydrogens (tertiary/aromatic N) is 1. The number of aromatic amines is 1. The third kappa shape index (κ3) is 4.69. The van der Waals surface area contributed by atoms with Crippen molar-refractivity contribution in [2.75, 3.05) is 25.0 Å². The first-order valence-corrected chi connectivity index (χ1v) is 10.3. The van der Waals surface area contributed by atoms with Crippen LogP contribution in [0.2, 0.25) is 0 Å². The minimum atomic E-state index is -0.858. The van der Waals surface area contributed by atoms with Crippen LogP contribution in [0.25, 0.3) is 10.9 Å². The van der Waals surface area contributed by atoms with E-state index in [9.17, 15) is 9.59 Å². The minimum Gasteiger partial charge on any atom is -0.382 e. The van der Waals surface area contributed by atoms with Gasteiger partial charge in [0.05, 0.1) is 5.69 Å². The van der Waals surface area contributed by atoms with E-state index in [1.54, 1.807) is 11.1 Å². The van der Waals surface area contributed by atoms with E-state index in [-0.39, 0.29) is 5.69 Å². The number of Topliss-reactive ketones (excluding diaryl/α,β-unsaturated/α-hetero) is 1. The molecule has 2 heterocycles. The van der Waals surface area contributed by atoms with Gasteiger partial charge in [-0.15, -0.1) is 5.06 Å². The van der Waals surface area contributed by atoms with E-state index >= 15 is 0 Å². The minimum absolute atomic E-state index is 0.246. The quantitative estimate of drug-likeness (QED) is 0.412. The standard InChI is InChI=1S/C23H26N4O3/c24-12-9-16-5-7-18(8-6-16)25-19-10-13-27(14-11-19)30-23(29)22(28)21-15-17-3-1-2-4-20(17)26-21/h1-8,15,19,25-26H,9-14,24H2. The molecule has 4 rings (SSSR count). The van der Waals surface area contributed by atoms with Crippen molar-refractivity contribution in [3.05, 3.63) is 65.9 Å². The molecule has 7 heteroatoms. The second kappa shape index (κ2) is 9.11. The van der Waals surface area contributed by atoms with Crippen LogP contribution in [0.4, 0.5) is 5.69 Å². The molecule has 0 aliphatic carbocycles. The number of H-pyrrole nitrogens is 1. The summed E-state index contributed by atoms with van der Waals surface area (Å²) in [4.78, 5) is 33.0. The summed E-state index contributed by atoms with van der Waals surface area (Å²) < 4.78 is 0. The zero-order valence-electron chi connectivity index (χ0n) is 16.8. The van der Waals surface area contributed by atoms with Gasteiger partial charge in [0.2, 0.25) is 0 Å². The number of piperidine rings is 1. The molecule has 0 bridgehead atoms. The van der Waals surface area contributed by atoms with Gasteiger partial charge in [0, 0.05) is 35.7 Å². The van der Waals surface area contributed by atoms with Crippen molar-refractivity contribution in [1.29, 1.82) is 0 Å². The lowest BCUT2D eigenvalue weighted by atomic mass is 10.1. The molecule has 1 aliphatic rings. The first kappa shape index (κ1) is 20.1. The molecule has 1 saturated heterocycles. The lowest BCUT2D eigenvalue weighted by Gasteiger charge is -2.31.